The van der Waals surface area contributed by atoms with E-state index >= 15 is 0 Å². The lowest BCUT2D eigenvalue weighted by Gasteiger charge is -2.32. The van der Waals surface area contributed by atoms with Crippen LogP contribution in [-0.4, -0.2) is 61.9 Å². The zero-order chi connectivity index (χ0) is 21.0. The van der Waals surface area contributed by atoms with E-state index in [2.05, 4.69) is 32.1 Å². The molecule has 0 spiro atoms. The van der Waals surface area contributed by atoms with E-state index in [4.69, 9.17) is 0 Å². The molecule has 1 aliphatic rings. The minimum absolute atomic E-state index is 0.0711. The van der Waals surface area contributed by atoms with Crippen LogP contribution in [0.3, 0.4) is 0 Å². The summed E-state index contributed by atoms with van der Waals surface area (Å²) < 4.78 is 0. The SMILES string of the molecule is C=NN(/N=C\C)c1cccnc1C(=O)N1CCCC(n2ncc(C(C)(C)O)n2)C1. The van der Waals surface area contributed by atoms with Crippen LogP contribution in [0.5, 0.6) is 0 Å². The summed E-state index contributed by atoms with van der Waals surface area (Å²) in [6, 6.07) is 3.38. The highest BCUT2D eigenvalue weighted by Crippen LogP contribution is 2.26. The van der Waals surface area contributed by atoms with Gasteiger partial charge >= 0.3 is 0 Å². The van der Waals surface area contributed by atoms with Gasteiger partial charge in [-0.05, 0) is 45.7 Å². The number of anilines is 1. The number of hydrazone groups is 2. The Kier molecular flexibility index (Phi) is 6.02. The fourth-order valence-corrected chi connectivity index (χ4v) is 3.22. The summed E-state index contributed by atoms with van der Waals surface area (Å²) in [5.41, 5.74) is 0.163. The summed E-state index contributed by atoms with van der Waals surface area (Å²) in [6.07, 6.45) is 6.36. The second-order valence-corrected chi connectivity index (χ2v) is 7.33. The summed E-state index contributed by atoms with van der Waals surface area (Å²) in [7, 11) is 0. The predicted octanol–water partition coefficient (Wildman–Crippen LogP) is 1.81. The summed E-state index contributed by atoms with van der Waals surface area (Å²) in [5, 5.41) is 28.1. The largest absolute Gasteiger partial charge is 0.384 e. The number of carbonyl (C=O) groups excluding carboxylic acids is 1. The van der Waals surface area contributed by atoms with Crippen molar-refractivity contribution in [1.82, 2.24) is 24.9 Å². The Morgan fingerprint density at radius 1 is 1.48 bits per heavy atom. The van der Waals surface area contributed by atoms with Crippen molar-refractivity contribution in [2.75, 3.05) is 18.2 Å². The molecule has 3 rings (SSSR count). The third-order valence-corrected chi connectivity index (χ3v) is 4.71. The first-order chi connectivity index (χ1) is 13.8. The molecule has 1 atom stereocenters. The average molecular weight is 398 g/mol. The normalized spacial score (nSPS) is 17.5. The molecule has 10 heteroatoms. The highest BCUT2D eigenvalue weighted by Gasteiger charge is 2.30. The molecule has 0 aliphatic carbocycles. The van der Waals surface area contributed by atoms with Gasteiger partial charge in [0.1, 0.15) is 17.0 Å². The lowest BCUT2D eigenvalue weighted by Crippen LogP contribution is -2.42. The molecule has 0 bridgehead atoms. The summed E-state index contributed by atoms with van der Waals surface area (Å²) in [6.45, 7) is 9.66. The lowest BCUT2D eigenvalue weighted by molar-refractivity contribution is 0.0636. The summed E-state index contributed by atoms with van der Waals surface area (Å²) in [5.74, 6) is -0.208. The van der Waals surface area contributed by atoms with Gasteiger partial charge in [0.2, 0.25) is 0 Å². The zero-order valence-corrected chi connectivity index (χ0v) is 16.9. The van der Waals surface area contributed by atoms with Crippen molar-refractivity contribution in [3.63, 3.8) is 0 Å². The van der Waals surface area contributed by atoms with E-state index in [1.165, 1.54) is 5.12 Å². The number of aromatic nitrogens is 4. The van der Waals surface area contributed by atoms with Crippen molar-refractivity contribution in [1.29, 1.82) is 0 Å². The van der Waals surface area contributed by atoms with Crippen molar-refractivity contribution in [3.8, 4) is 0 Å². The van der Waals surface area contributed by atoms with Gasteiger partial charge in [0, 0.05) is 32.2 Å². The molecule has 29 heavy (non-hydrogen) atoms. The maximum absolute atomic E-state index is 13.2. The Bertz CT molecular complexity index is 902. The molecule has 10 nitrogen and oxygen atoms in total. The van der Waals surface area contributed by atoms with Crippen LogP contribution in [0, 0.1) is 0 Å². The monoisotopic (exact) mass is 398 g/mol. The molecular weight excluding hydrogens is 372 g/mol. The van der Waals surface area contributed by atoms with Gasteiger partial charge in [0.15, 0.2) is 5.69 Å². The second kappa shape index (κ2) is 8.48. The van der Waals surface area contributed by atoms with Crippen LogP contribution in [0.2, 0.25) is 0 Å². The molecule has 2 aromatic heterocycles. The van der Waals surface area contributed by atoms with E-state index in [1.807, 2.05) is 0 Å². The molecule has 154 valence electrons. The van der Waals surface area contributed by atoms with Crippen LogP contribution < -0.4 is 5.12 Å². The molecule has 1 amide bonds. The van der Waals surface area contributed by atoms with E-state index in [-0.39, 0.29) is 17.6 Å². The fraction of sp³-hybridized carbons (Fsp3) is 0.474. The van der Waals surface area contributed by atoms with Gasteiger partial charge in [0.05, 0.1) is 12.2 Å². The summed E-state index contributed by atoms with van der Waals surface area (Å²) in [4.78, 5) is 20.8. The maximum atomic E-state index is 13.2. The Balaban J connectivity index is 1.82. The van der Waals surface area contributed by atoms with E-state index in [0.717, 1.165) is 12.8 Å². The number of amides is 1. The van der Waals surface area contributed by atoms with Crippen LogP contribution in [0.1, 0.15) is 55.8 Å². The van der Waals surface area contributed by atoms with Gasteiger partial charge < -0.3 is 10.0 Å². The van der Waals surface area contributed by atoms with Crippen LogP contribution in [0.4, 0.5) is 5.69 Å². The molecule has 0 saturated carbocycles. The molecule has 3 heterocycles. The van der Waals surface area contributed by atoms with E-state index in [1.54, 1.807) is 61.2 Å². The van der Waals surface area contributed by atoms with E-state index in [9.17, 15) is 9.90 Å². The van der Waals surface area contributed by atoms with Crippen molar-refractivity contribution < 1.29 is 9.90 Å². The Hall–Kier alpha value is -3.14. The van der Waals surface area contributed by atoms with Crippen molar-refractivity contribution in [2.24, 2.45) is 10.2 Å². The molecule has 1 N–H and O–H groups in total. The van der Waals surface area contributed by atoms with Crippen LogP contribution >= 0.6 is 0 Å². The second-order valence-electron chi connectivity index (χ2n) is 7.33. The fourth-order valence-electron chi connectivity index (χ4n) is 3.22. The van der Waals surface area contributed by atoms with Crippen LogP contribution in [-0.2, 0) is 5.60 Å². The van der Waals surface area contributed by atoms with E-state index < -0.39 is 5.60 Å². The van der Waals surface area contributed by atoms with Crippen molar-refractivity contribution in [2.45, 2.75) is 45.3 Å². The number of rotatable bonds is 6. The van der Waals surface area contributed by atoms with Crippen molar-refractivity contribution >= 4 is 24.5 Å². The molecule has 1 fully saturated rings. The van der Waals surface area contributed by atoms with Gasteiger partial charge in [0.25, 0.3) is 5.91 Å². The average Bonchev–Trinajstić information content (AvgIpc) is 3.22. The smallest absolute Gasteiger partial charge is 0.274 e. The first-order valence-electron chi connectivity index (χ1n) is 9.49. The van der Waals surface area contributed by atoms with Gasteiger partial charge in [-0.15, -0.1) is 0 Å². The molecule has 0 radical (unpaired) electrons. The molecule has 0 aromatic carbocycles. The third kappa shape index (κ3) is 4.48. The standard InChI is InChI=1S/C19H26N8O2/c1-5-22-27(20-4)15-9-6-10-21-17(15)18(28)25-11-7-8-14(13-25)26-23-12-16(24-26)19(2,3)29/h5-6,9-10,12,14,29H,4,7-8,11,13H2,1-3H3/b22-5-. The number of nitrogens with zero attached hydrogens (tertiary/aromatic N) is 8. The maximum Gasteiger partial charge on any atom is 0.274 e. The topological polar surface area (TPSA) is 112 Å². The van der Waals surface area contributed by atoms with Crippen LogP contribution in [0.25, 0.3) is 0 Å². The number of piperidine rings is 1. The first-order valence-corrected chi connectivity index (χ1v) is 9.49. The van der Waals surface area contributed by atoms with Gasteiger partial charge in [-0.25, -0.2) is 4.98 Å². The molecule has 2 aromatic rings. The molecule has 1 aliphatic heterocycles. The van der Waals surface area contributed by atoms with E-state index in [0.29, 0.717) is 24.5 Å². The number of likely N-dealkylation sites (tertiary alicyclic amines) is 1. The number of aliphatic hydroxyl groups is 1. The lowest BCUT2D eigenvalue weighted by atomic mass is 10.1. The number of carbonyl (C=O) groups is 1. The summed E-state index contributed by atoms with van der Waals surface area (Å²) >= 11 is 0. The van der Waals surface area contributed by atoms with Gasteiger partial charge in [-0.1, -0.05) is 0 Å². The van der Waals surface area contributed by atoms with Crippen molar-refractivity contribution in [3.05, 3.63) is 35.9 Å². The number of pyridine rings is 1. The molecule has 1 unspecified atom stereocenters. The highest BCUT2D eigenvalue weighted by atomic mass is 16.3. The quantitative estimate of drug-likeness (QED) is 0.587. The van der Waals surface area contributed by atoms with Gasteiger partial charge in [-0.3, -0.25) is 4.79 Å². The highest BCUT2D eigenvalue weighted by molar-refractivity contribution is 5.97. The first kappa shape index (κ1) is 20.6. The minimum Gasteiger partial charge on any atom is -0.384 e. The Morgan fingerprint density at radius 2 is 2.28 bits per heavy atom. The van der Waals surface area contributed by atoms with Gasteiger partial charge in [-0.2, -0.15) is 30.3 Å². The predicted molar refractivity (Wildman–Crippen MR) is 110 cm³/mol. The molecule has 1 saturated heterocycles. The van der Waals surface area contributed by atoms with Crippen LogP contribution in [0.15, 0.2) is 34.7 Å². The minimum atomic E-state index is -1.06. The zero-order valence-electron chi connectivity index (χ0n) is 16.9. The third-order valence-electron chi connectivity index (χ3n) is 4.71. The Morgan fingerprint density at radius 3 is 2.93 bits per heavy atom. The number of hydrogen-bond acceptors (Lipinski definition) is 8. The molecular formula is C19H26N8O2. The Labute approximate surface area is 169 Å². The number of hydrogen-bond donors (Lipinski definition) is 1.